The molecule has 1 amide bonds. The Morgan fingerprint density at radius 2 is 2.28 bits per heavy atom. The average molecular weight is 266 g/mol. The summed E-state index contributed by atoms with van der Waals surface area (Å²) in [4.78, 5) is 15.8. The number of nitrogens with zero attached hydrogens (tertiary/aromatic N) is 1. The van der Waals surface area contributed by atoms with Crippen molar-refractivity contribution in [2.24, 2.45) is 11.1 Å². The highest BCUT2D eigenvalue weighted by atomic mass is 32.1. The summed E-state index contributed by atoms with van der Waals surface area (Å²) in [6.07, 6.45) is 2.13. The van der Waals surface area contributed by atoms with Gasteiger partial charge >= 0.3 is 0 Å². The van der Waals surface area contributed by atoms with E-state index in [9.17, 15) is 4.79 Å². The fourth-order valence-corrected chi connectivity index (χ4v) is 3.23. The summed E-state index contributed by atoms with van der Waals surface area (Å²) in [7, 11) is 0. The minimum atomic E-state index is -0.418. The van der Waals surface area contributed by atoms with Crippen LogP contribution in [0.4, 0.5) is 0 Å². The summed E-state index contributed by atoms with van der Waals surface area (Å²) in [6, 6.07) is 3.98. The second kappa shape index (κ2) is 5.02. The van der Waals surface area contributed by atoms with Crippen LogP contribution in [0, 0.1) is 5.41 Å². The Balaban J connectivity index is 2.15. The molecule has 2 atom stereocenters. The number of hydrogen-bond acceptors (Lipinski definition) is 3. The van der Waals surface area contributed by atoms with Crippen molar-refractivity contribution in [1.29, 1.82) is 0 Å². The predicted octanol–water partition coefficient (Wildman–Crippen LogP) is 2.79. The summed E-state index contributed by atoms with van der Waals surface area (Å²) in [5, 5.41) is 2.07. The highest BCUT2D eigenvalue weighted by Crippen LogP contribution is 2.35. The maximum absolute atomic E-state index is 12.5. The van der Waals surface area contributed by atoms with E-state index in [1.165, 1.54) is 4.88 Å². The van der Waals surface area contributed by atoms with Gasteiger partial charge in [0.1, 0.15) is 0 Å². The Bertz CT molecular complexity index is 408. The highest BCUT2D eigenvalue weighted by Gasteiger charge is 2.37. The van der Waals surface area contributed by atoms with Crippen molar-refractivity contribution in [2.45, 2.75) is 45.7 Å². The fourth-order valence-electron chi connectivity index (χ4n) is 2.36. The fraction of sp³-hybridized carbons (Fsp3) is 0.643. The molecule has 0 aromatic carbocycles. The van der Waals surface area contributed by atoms with Crippen LogP contribution >= 0.6 is 11.3 Å². The molecular formula is C14H22N2OS. The minimum absolute atomic E-state index is 0.0957. The van der Waals surface area contributed by atoms with Crippen LogP contribution in [0.3, 0.4) is 0 Å². The molecule has 1 aliphatic rings. The first-order valence-corrected chi connectivity index (χ1v) is 7.38. The number of thiophene rings is 1. The zero-order valence-electron chi connectivity index (χ0n) is 11.3. The van der Waals surface area contributed by atoms with Crippen LogP contribution in [-0.2, 0) is 4.79 Å². The molecule has 2 heterocycles. The summed E-state index contributed by atoms with van der Waals surface area (Å²) in [6.45, 7) is 6.90. The van der Waals surface area contributed by atoms with E-state index >= 15 is 0 Å². The third-order valence-electron chi connectivity index (χ3n) is 3.61. The van der Waals surface area contributed by atoms with Gasteiger partial charge in [0, 0.05) is 11.4 Å². The van der Waals surface area contributed by atoms with Gasteiger partial charge in [-0.1, -0.05) is 26.8 Å². The molecule has 1 aliphatic heterocycles. The van der Waals surface area contributed by atoms with Gasteiger partial charge < -0.3 is 10.6 Å². The van der Waals surface area contributed by atoms with Gasteiger partial charge in [-0.2, -0.15) is 0 Å². The lowest BCUT2D eigenvalue weighted by molar-refractivity contribution is -0.135. The third kappa shape index (κ3) is 2.59. The topological polar surface area (TPSA) is 46.3 Å². The number of carbonyl (C=O) groups excluding carboxylic acids is 1. The first-order valence-electron chi connectivity index (χ1n) is 6.50. The average Bonchev–Trinajstić information content (AvgIpc) is 2.95. The summed E-state index contributed by atoms with van der Waals surface area (Å²) in [5.74, 6) is 0.0957. The van der Waals surface area contributed by atoms with Crippen LogP contribution < -0.4 is 5.73 Å². The van der Waals surface area contributed by atoms with Gasteiger partial charge in [-0.15, -0.1) is 11.3 Å². The second-order valence-electron chi connectivity index (χ2n) is 6.05. The standard InChI is InChI=1S/C14H22N2OS/c1-14(2,3)12(15)13(17)16-8-4-6-10(16)11-7-5-9-18-11/h5,7,9-10,12H,4,6,8,15H2,1-3H3/t10?,12-/m0/s1. The van der Waals surface area contributed by atoms with Crippen molar-refractivity contribution in [3.8, 4) is 0 Å². The first-order chi connectivity index (χ1) is 8.41. The highest BCUT2D eigenvalue weighted by molar-refractivity contribution is 7.10. The number of hydrogen-bond donors (Lipinski definition) is 1. The van der Waals surface area contributed by atoms with Crippen molar-refractivity contribution < 1.29 is 4.79 Å². The van der Waals surface area contributed by atoms with E-state index in [1.807, 2.05) is 31.7 Å². The van der Waals surface area contributed by atoms with Crippen LogP contribution in [0.2, 0.25) is 0 Å². The number of nitrogens with two attached hydrogens (primary N) is 1. The second-order valence-corrected chi connectivity index (χ2v) is 7.03. The summed E-state index contributed by atoms with van der Waals surface area (Å²) in [5.41, 5.74) is 5.92. The quantitative estimate of drug-likeness (QED) is 0.894. The van der Waals surface area contributed by atoms with Gasteiger partial charge in [0.25, 0.3) is 0 Å². The van der Waals surface area contributed by atoms with E-state index in [2.05, 4.69) is 11.4 Å². The molecule has 1 aromatic heterocycles. The largest absolute Gasteiger partial charge is 0.333 e. The summed E-state index contributed by atoms with van der Waals surface area (Å²) < 4.78 is 0. The SMILES string of the molecule is CC(C)(C)[C@@H](N)C(=O)N1CCCC1c1cccs1. The smallest absolute Gasteiger partial charge is 0.240 e. The molecule has 2 N–H and O–H groups in total. The Labute approximate surface area is 113 Å². The van der Waals surface area contributed by atoms with E-state index in [4.69, 9.17) is 5.73 Å². The predicted molar refractivity (Wildman–Crippen MR) is 75.4 cm³/mol. The molecule has 3 nitrogen and oxygen atoms in total. The molecule has 1 unspecified atom stereocenters. The lowest BCUT2D eigenvalue weighted by Crippen LogP contribution is -2.50. The van der Waals surface area contributed by atoms with Crippen LogP contribution in [0.5, 0.6) is 0 Å². The zero-order chi connectivity index (χ0) is 13.3. The Morgan fingerprint density at radius 3 is 2.83 bits per heavy atom. The third-order valence-corrected chi connectivity index (χ3v) is 4.58. The van der Waals surface area contributed by atoms with E-state index in [1.54, 1.807) is 11.3 Å². The zero-order valence-corrected chi connectivity index (χ0v) is 12.2. The normalized spacial score (nSPS) is 22.2. The number of rotatable bonds is 2. The molecule has 100 valence electrons. The van der Waals surface area contributed by atoms with Crippen LogP contribution in [0.15, 0.2) is 17.5 Å². The number of carbonyl (C=O) groups is 1. The molecule has 18 heavy (non-hydrogen) atoms. The van der Waals surface area contributed by atoms with Gasteiger partial charge in [0.15, 0.2) is 0 Å². The van der Waals surface area contributed by atoms with Crippen LogP contribution in [0.1, 0.15) is 44.5 Å². The lowest BCUT2D eigenvalue weighted by Gasteiger charge is -2.32. The molecule has 0 aliphatic carbocycles. The van der Waals surface area contributed by atoms with Crippen molar-refractivity contribution in [3.63, 3.8) is 0 Å². The van der Waals surface area contributed by atoms with E-state index < -0.39 is 6.04 Å². The van der Waals surface area contributed by atoms with E-state index in [0.717, 1.165) is 19.4 Å². The molecule has 1 fully saturated rings. The molecule has 2 rings (SSSR count). The molecule has 0 spiro atoms. The van der Waals surface area contributed by atoms with Crippen LogP contribution in [-0.4, -0.2) is 23.4 Å². The Hall–Kier alpha value is -0.870. The molecule has 0 radical (unpaired) electrons. The first kappa shape index (κ1) is 13.6. The Kier molecular flexibility index (Phi) is 3.78. The van der Waals surface area contributed by atoms with Gasteiger partial charge in [-0.05, 0) is 29.7 Å². The maximum Gasteiger partial charge on any atom is 0.240 e. The van der Waals surface area contributed by atoms with Gasteiger partial charge in [0.05, 0.1) is 12.1 Å². The van der Waals surface area contributed by atoms with Gasteiger partial charge in [-0.25, -0.2) is 0 Å². The van der Waals surface area contributed by atoms with E-state index in [0.29, 0.717) is 0 Å². The monoisotopic (exact) mass is 266 g/mol. The van der Waals surface area contributed by atoms with Gasteiger partial charge in [0.2, 0.25) is 5.91 Å². The number of likely N-dealkylation sites (tertiary alicyclic amines) is 1. The van der Waals surface area contributed by atoms with E-state index in [-0.39, 0.29) is 17.4 Å². The van der Waals surface area contributed by atoms with Gasteiger partial charge in [-0.3, -0.25) is 4.79 Å². The molecular weight excluding hydrogens is 244 g/mol. The van der Waals surface area contributed by atoms with Crippen molar-refractivity contribution in [2.75, 3.05) is 6.54 Å². The maximum atomic E-state index is 12.5. The van der Waals surface area contributed by atoms with Crippen molar-refractivity contribution in [1.82, 2.24) is 4.90 Å². The minimum Gasteiger partial charge on any atom is -0.333 e. The molecule has 1 saturated heterocycles. The number of amides is 1. The molecule has 0 bridgehead atoms. The lowest BCUT2D eigenvalue weighted by atomic mass is 9.86. The van der Waals surface area contributed by atoms with Crippen molar-refractivity contribution in [3.05, 3.63) is 22.4 Å². The molecule has 0 saturated carbocycles. The van der Waals surface area contributed by atoms with Crippen LogP contribution in [0.25, 0.3) is 0 Å². The van der Waals surface area contributed by atoms with Crippen molar-refractivity contribution >= 4 is 17.2 Å². The molecule has 1 aromatic rings. The Morgan fingerprint density at radius 1 is 1.56 bits per heavy atom. The summed E-state index contributed by atoms with van der Waals surface area (Å²) >= 11 is 1.73. The molecule has 4 heteroatoms.